The van der Waals surface area contributed by atoms with Crippen LogP contribution in [0.1, 0.15) is 56.6 Å². The van der Waals surface area contributed by atoms with Gasteiger partial charge in [0.1, 0.15) is 0 Å². The number of thiocarbonyl (C=S) groups is 1. The summed E-state index contributed by atoms with van der Waals surface area (Å²) in [6, 6.07) is 13.1. The molecule has 28 heavy (non-hydrogen) atoms. The van der Waals surface area contributed by atoms with Gasteiger partial charge in [-0.25, -0.2) is 0 Å². The standard InChI is InChI=1S/C23H28N4S/c1-6-27-21(20(25-22(27)28)18-9-7-8-12-24-18)16-10-11-19-17(13-16)15(2)14-23(3,4)26(19)5/h7-14,20-21H,6H2,1-5H3,(H,25,28)/t20-,21+/m1/s1. The van der Waals surface area contributed by atoms with Crippen molar-refractivity contribution in [2.75, 3.05) is 18.5 Å². The fourth-order valence-corrected chi connectivity index (χ4v) is 4.84. The number of nitrogens with zero attached hydrogens (tertiary/aromatic N) is 3. The van der Waals surface area contributed by atoms with Gasteiger partial charge in [0.05, 0.1) is 23.3 Å². The minimum atomic E-state index is 0.0149. The zero-order valence-corrected chi connectivity index (χ0v) is 18.0. The van der Waals surface area contributed by atoms with Gasteiger partial charge >= 0.3 is 0 Å². The Balaban J connectivity index is 1.81. The molecule has 3 heterocycles. The first kappa shape index (κ1) is 18.9. The monoisotopic (exact) mass is 392 g/mol. The summed E-state index contributed by atoms with van der Waals surface area (Å²) in [6.07, 6.45) is 4.20. The molecular formula is C23H28N4S. The van der Waals surface area contributed by atoms with Crippen LogP contribution in [0.15, 0.2) is 48.7 Å². The van der Waals surface area contributed by atoms with E-state index in [9.17, 15) is 0 Å². The highest BCUT2D eigenvalue weighted by atomic mass is 32.1. The number of hydrogen-bond acceptors (Lipinski definition) is 3. The van der Waals surface area contributed by atoms with Crippen LogP contribution in [0.2, 0.25) is 0 Å². The lowest BCUT2D eigenvalue weighted by atomic mass is 9.86. The summed E-state index contributed by atoms with van der Waals surface area (Å²) in [5.74, 6) is 0. The van der Waals surface area contributed by atoms with Crippen LogP contribution < -0.4 is 10.2 Å². The summed E-state index contributed by atoms with van der Waals surface area (Å²) < 4.78 is 0. The van der Waals surface area contributed by atoms with Crippen molar-refractivity contribution in [3.05, 3.63) is 65.5 Å². The fraction of sp³-hybridized carbons (Fsp3) is 0.391. The van der Waals surface area contributed by atoms with Gasteiger partial charge in [-0.2, -0.15) is 0 Å². The normalized spacial score (nSPS) is 23.3. The molecule has 4 rings (SSSR count). The van der Waals surface area contributed by atoms with E-state index in [0.717, 1.165) is 17.4 Å². The maximum atomic E-state index is 5.65. The van der Waals surface area contributed by atoms with Crippen molar-refractivity contribution in [3.8, 4) is 0 Å². The molecule has 1 aromatic carbocycles. The van der Waals surface area contributed by atoms with Crippen LogP contribution in [-0.4, -0.2) is 34.1 Å². The van der Waals surface area contributed by atoms with Gasteiger partial charge < -0.3 is 15.1 Å². The highest BCUT2D eigenvalue weighted by Gasteiger charge is 2.39. The number of aromatic nitrogens is 1. The van der Waals surface area contributed by atoms with E-state index in [0.29, 0.717) is 0 Å². The number of pyridine rings is 1. The Hall–Kier alpha value is -2.40. The molecule has 2 atom stereocenters. The quantitative estimate of drug-likeness (QED) is 0.765. The number of benzene rings is 1. The SMILES string of the molecule is CCN1C(=S)N[C@H](c2ccccn2)[C@@H]1c1ccc2c(c1)C(C)=CC(C)(C)N2C. The van der Waals surface area contributed by atoms with E-state index >= 15 is 0 Å². The second kappa shape index (κ2) is 6.89. The van der Waals surface area contributed by atoms with E-state index in [1.54, 1.807) is 0 Å². The number of fused-ring (bicyclic) bond motifs is 1. The van der Waals surface area contributed by atoms with Crippen LogP contribution >= 0.6 is 12.2 Å². The molecule has 0 amide bonds. The Morgan fingerprint density at radius 3 is 2.68 bits per heavy atom. The summed E-state index contributed by atoms with van der Waals surface area (Å²) in [6.45, 7) is 9.73. The summed E-state index contributed by atoms with van der Waals surface area (Å²) in [5, 5.41) is 4.30. The number of nitrogens with one attached hydrogen (secondary N) is 1. The van der Waals surface area contributed by atoms with Crippen molar-refractivity contribution < 1.29 is 0 Å². The van der Waals surface area contributed by atoms with Crippen molar-refractivity contribution in [3.63, 3.8) is 0 Å². The van der Waals surface area contributed by atoms with Crippen molar-refractivity contribution >= 4 is 28.6 Å². The van der Waals surface area contributed by atoms with Gasteiger partial charge in [-0.3, -0.25) is 4.98 Å². The predicted molar refractivity (Wildman–Crippen MR) is 120 cm³/mol. The summed E-state index contributed by atoms with van der Waals surface area (Å²) in [7, 11) is 2.17. The predicted octanol–water partition coefficient (Wildman–Crippen LogP) is 4.71. The smallest absolute Gasteiger partial charge is 0.170 e. The third-order valence-corrected chi connectivity index (χ3v) is 6.47. The van der Waals surface area contributed by atoms with Gasteiger partial charge in [0.2, 0.25) is 0 Å². The first-order chi connectivity index (χ1) is 13.3. The molecule has 0 spiro atoms. The van der Waals surface area contributed by atoms with Crippen LogP contribution in [0.3, 0.4) is 0 Å². The van der Waals surface area contributed by atoms with E-state index < -0.39 is 0 Å². The first-order valence-corrected chi connectivity index (χ1v) is 10.3. The molecule has 0 radical (unpaired) electrons. The Morgan fingerprint density at radius 1 is 1.21 bits per heavy atom. The zero-order chi connectivity index (χ0) is 20.1. The number of anilines is 1. The lowest BCUT2D eigenvalue weighted by Crippen LogP contribution is -2.42. The molecule has 2 aliphatic rings. The molecule has 2 aromatic rings. The molecule has 0 bridgehead atoms. The Bertz CT molecular complexity index is 935. The van der Waals surface area contributed by atoms with Gasteiger partial charge in [-0.1, -0.05) is 18.2 Å². The minimum absolute atomic E-state index is 0.0149. The summed E-state index contributed by atoms with van der Waals surface area (Å²) in [5.41, 5.74) is 6.21. The Kier molecular flexibility index (Phi) is 4.66. The number of allylic oxidation sites excluding steroid dienone is 1. The lowest BCUT2D eigenvalue weighted by molar-refractivity contribution is 0.330. The van der Waals surface area contributed by atoms with Crippen LogP contribution in [-0.2, 0) is 0 Å². The number of hydrogen-bond donors (Lipinski definition) is 1. The summed E-state index contributed by atoms with van der Waals surface area (Å²) >= 11 is 5.65. The van der Waals surface area contributed by atoms with E-state index in [-0.39, 0.29) is 17.6 Å². The van der Waals surface area contributed by atoms with Gasteiger partial charge in [0, 0.05) is 31.0 Å². The molecule has 146 valence electrons. The van der Waals surface area contributed by atoms with Gasteiger partial charge in [0.25, 0.3) is 0 Å². The van der Waals surface area contributed by atoms with E-state index in [2.05, 4.69) is 85.2 Å². The topological polar surface area (TPSA) is 31.4 Å². The molecule has 0 unspecified atom stereocenters. The summed E-state index contributed by atoms with van der Waals surface area (Å²) in [4.78, 5) is 9.23. The Morgan fingerprint density at radius 2 is 2.00 bits per heavy atom. The van der Waals surface area contributed by atoms with Crippen molar-refractivity contribution in [2.45, 2.75) is 45.3 Å². The average Bonchev–Trinajstić information content (AvgIpc) is 3.02. The number of rotatable bonds is 3. The van der Waals surface area contributed by atoms with Crippen molar-refractivity contribution in [1.82, 2.24) is 15.2 Å². The van der Waals surface area contributed by atoms with Gasteiger partial charge in [-0.05, 0) is 75.3 Å². The molecule has 0 aliphatic carbocycles. The van der Waals surface area contributed by atoms with E-state index in [1.165, 1.54) is 22.4 Å². The largest absolute Gasteiger partial charge is 0.366 e. The Labute approximate surface area is 173 Å². The molecule has 5 heteroatoms. The number of likely N-dealkylation sites (N-methyl/N-ethyl adjacent to an activating group) is 2. The highest BCUT2D eigenvalue weighted by molar-refractivity contribution is 7.80. The van der Waals surface area contributed by atoms with Crippen LogP contribution in [0.4, 0.5) is 5.69 Å². The maximum absolute atomic E-state index is 5.65. The van der Waals surface area contributed by atoms with Crippen molar-refractivity contribution in [2.24, 2.45) is 0 Å². The highest BCUT2D eigenvalue weighted by Crippen LogP contribution is 2.43. The lowest BCUT2D eigenvalue weighted by Gasteiger charge is -2.41. The third kappa shape index (κ3) is 2.98. The molecular weight excluding hydrogens is 364 g/mol. The fourth-order valence-electron chi connectivity index (χ4n) is 4.47. The molecule has 1 aromatic heterocycles. The first-order valence-electron chi connectivity index (χ1n) is 9.89. The third-order valence-electron chi connectivity index (χ3n) is 6.12. The van der Waals surface area contributed by atoms with Gasteiger partial charge in [-0.15, -0.1) is 0 Å². The van der Waals surface area contributed by atoms with Crippen molar-refractivity contribution in [1.29, 1.82) is 0 Å². The van der Waals surface area contributed by atoms with E-state index in [4.69, 9.17) is 12.2 Å². The minimum Gasteiger partial charge on any atom is -0.366 e. The molecule has 4 nitrogen and oxygen atoms in total. The van der Waals surface area contributed by atoms with Crippen LogP contribution in [0.5, 0.6) is 0 Å². The zero-order valence-electron chi connectivity index (χ0n) is 17.2. The molecule has 1 N–H and O–H groups in total. The maximum Gasteiger partial charge on any atom is 0.170 e. The van der Waals surface area contributed by atoms with E-state index in [1.807, 2.05) is 18.3 Å². The molecule has 1 fully saturated rings. The van der Waals surface area contributed by atoms with Crippen LogP contribution in [0, 0.1) is 0 Å². The second-order valence-corrected chi connectivity index (χ2v) is 8.62. The molecule has 2 aliphatic heterocycles. The van der Waals surface area contributed by atoms with Crippen LogP contribution in [0.25, 0.3) is 5.57 Å². The molecule has 0 saturated carbocycles. The average molecular weight is 393 g/mol. The van der Waals surface area contributed by atoms with Gasteiger partial charge in [0.15, 0.2) is 5.11 Å². The second-order valence-electron chi connectivity index (χ2n) is 8.23. The molecule has 1 saturated heterocycles.